The fourth-order valence-electron chi connectivity index (χ4n) is 2.41. The van der Waals surface area contributed by atoms with E-state index in [2.05, 4.69) is 4.98 Å². The zero-order valence-electron chi connectivity index (χ0n) is 9.36. The molecule has 1 aliphatic rings. The van der Waals surface area contributed by atoms with Crippen LogP contribution in [0.3, 0.4) is 0 Å². The van der Waals surface area contributed by atoms with Gasteiger partial charge in [-0.15, -0.1) is 0 Å². The number of rotatable bonds is 3. The molecule has 1 fully saturated rings. The van der Waals surface area contributed by atoms with Gasteiger partial charge in [-0.25, -0.2) is 0 Å². The van der Waals surface area contributed by atoms with Crippen LogP contribution in [0.25, 0.3) is 0 Å². The summed E-state index contributed by atoms with van der Waals surface area (Å²) in [6.07, 6.45) is 4.45. The Bertz CT molecular complexity index is 455. The number of pyridine rings is 1. The van der Waals surface area contributed by atoms with Gasteiger partial charge in [0.15, 0.2) is 5.78 Å². The number of carbonyl (C=O) groups excluding carboxylic acids is 1. The first-order valence-electron chi connectivity index (χ1n) is 5.53. The first-order valence-corrected chi connectivity index (χ1v) is 5.53. The third-order valence-corrected chi connectivity index (χ3v) is 3.44. The highest BCUT2D eigenvalue weighted by molar-refractivity contribution is 5.92. The van der Waals surface area contributed by atoms with Crippen LogP contribution in [0.5, 0.6) is 0 Å². The molecule has 3 nitrogen and oxygen atoms in total. The molecule has 0 bridgehead atoms. The van der Waals surface area contributed by atoms with Gasteiger partial charge in [0.05, 0.1) is 23.6 Å². The second kappa shape index (κ2) is 4.05. The second-order valence-electron chi connectivity index (χ2n) is 4.36. The number of aryl methyl sites for hydroxylation is 1. The standard InChI is InChI=1S/C13H14N2O/c1-10-4-2-9-15-12(10)13(6-3-7-13)11(16)5-8-14/h2,4,9H,3,5-7H2,1H3. The number of ketones is 1. The zero-order valence-corrected chi connectivity index (χ0v) is 9.36. The van der Waals surface area contributed by atoms with E-state index in [1.807, 2.05) is 25.1 Å². The molecule has 0 unspecified atom stereocenters. The first kappa shape index (κ1) is 10.8. The Labute approximate surface area is 95.1 Å². The van der Waals surface area contributed by atoms with Gasteiger partial charge in [-0.1, -0.05) is 12.5 Å². The second-order valence-corrected chi connectivity index (χ2v) is 4.36. The molecule has 0 atom stereocenters. The van der Waals surface area contributed by atoms with Crippen molar-refractivity contribution in [2.75, 3.05) is 0 Å². The summed E-state index contributed by atoms with van der Waals surface area (Å²) in [6.45, 7) is 1.97. The molecule has 1 heterocycles. The lowest BCUT2D eigenvalue weighted by atomic mass is 9.62. The van der Waals surface area contributed by atoms with Gasteiger partial charge in [0.2, 0.25) is 0 Å². The summed E-state index contributed by atoms with van der Waals surface area (Å²) in [6, 6.07) is 5.80. The Kier molecular flexibility index (Phi) is 2.74. The summed E-state index contributed by atoms with van der Waals surface area (Å²) in [7, 11) is 0. The lowest BCUT2D eigenvalue weighted by Crippen LogP contribution is -2.43. The maximum atomic E-state index is 12.0. The summed E-state index contributed by atoms with van der Waals surface area (Å²) < 4.78 is 0. The van der Waals surface area contributed by atoms with E-state index >= 15 is 0 Å². The van der Waals surface area contributed by atoms with Gasteiger partial charge in [0.1, 0.15) is 0 Å². The Hall–Kier alpha value is -1.69. The van der Waals surface area contributed by atoms with E-state index in [-0.39, 0.29) is 12.2 Å². The fourth-order valence-corrected chi connectivity index (χ4v) is 2.41. The largest absolute Gasteiger partial charge is 0.297 e. The molecule has 1 aromatic heterocycles. The van der Waals surface area contributed by atoms with Gasteiger partial charge in [-0.3, -0.25) is 9.78 Å². The van der Waals surface area contributed by atoms with Crippen molar-refractivity contribution in [1.29, 1.82) is 5.26 Å². The highest BCUT2D eigenvalue weighted by Gasteiger charge is 2.46. The lowest BCUT2D eigenvalue weighted by molar-refractivity contribution is -0.126. The molecular weight excluding hydrogens is 200 g/mol. The normalized spacial score (nSPS) is 17.2. The third kappa shape index (κ3) is 1.51. The fraction of sp³-hybridized carbons (Fsp3) is 0.462. The summed E-state index contributed by atoms with van der Waals surface area (Å²) in [5.41, 5.74) is 1.47. The number of carbonyl (C=O) groups is 1. The molecule has 16 heavy (non-hydrogen) atoms. The highest BCUT2D eigenvalue weighted by Crippen LogP contribution is 2.45. The van der Waals surface area contributed by atoms with E-state index in [0.29, 0.717) is 0 Å². The van der Waals surface area contributed by atoms with Crippen LogP contribution in [0, 0.1) is 18.3 Å². The predicted octanol–water partition coefficient (Wildman–Crippen LogP) is 2.29. The first-order chi connectivity index (χ1) is 7.70. The molecule has 0 radical (unpaired) electrons. The average molecular weight is 214 g/mol. The Morgan fingerprint density at radius 3 is 2.88 bits per heavy atom. The van der Waals surface area contributed by atoms with E-state index in [9.17, 15) is 4.79 Å². The van der Waals surface area contributed by atoms with Gasteiger partial charge in [-0.2, -0.15) is 5.26 Å². The van der Waals surface area contributed by atoms with Crippen LogP contribution in [-0.4, -0.2) is 10.8 Å². The number of hydrogen-bond acceptors (Lipinski definition) is 3. The molecule has 1 saturated carbocycles. The molecule has 0 saturated heterocycles. The third-order valence-electron chi connectivity index (χ3n) is 3.44. The zero-order chi connectivity index (χ0) is 11.6. The molecule has 82 valence electrons. The van der Waals surface area contributed by atoms with Crippen molar-refractivity contribution in [2.24, 2.45) is 0 Å². The topological polar surface area (TPSA) is 53.8 Å². The minimum absolute atomic E-state index is 0.00395. The molecule has 3 heteroatoms. The lowest BCUT2D eigenvalue weighted by Gasteiger charge is -2.40. The van der Waals surface area contributed by atoms with Crippen molar-refractivity contribution in [2.45, 2.75) is 38.0 Å². The smallest absolute Gasteiger partial charge is 0.158 e. The molecular formula is C13H14N2O. The summed E-state index contributed by atoms with van der Waals surface area (Å²) in [4.78, 5) is 16.4. The number of aromatic nitrogens is 1. The Morgan fingerprint density at radius 2 is 2.38 bits per heavy atom. The maximum Gasteiger partial charge on any atom is 0.158 e. The quantitative estimate of drug-likeness (QED) is 0.775. The average Bonchev–Trinajstić information content (AvgIpc) is 2.19. The van der Waals surface area contributed by atoms with Crippen LogP contribution in [-0.2, 0) is 10.2 Å². The molecule has 0 N–H and O–H groups in total. The summed E-state index contributed by atoms with van der Waals surface area (Å²) in [5.74, 6) is 0.0306. The molecule has 0 aromatic carbocycles. The monoisotopic (exact) mass is 214 g/mol. The van der Waals surface area contributed by atoms with E-state index < -0.39 is 5.41 Å². The van der Waals surface area contributed by atoms with Crippen molar-refractivity contribution < 1.29 is 4.79 Å². The van der Waals surface area contributed by atoms with Crippen LogP contribution in [0.15, 0.2) is 18.3 Å². The summed E-state index contributed by atoms with van der Waals surface area (Å²) >= 11 is 0. The number of Topliss-reactive ketones (excluding diaryl/α,β-unsaturated/α-hetero) is 1. The van der Waals surface area contributed by atoms with E-state index in [0.717, 1.165) is 30.5 Å². The van der Waals surface area contributed by atoms with Gasteiger partial charge < -0.3 is 0 Å². The molecule has 0 amide bonds. The van der Waals surface area contributed by atoms with Gasteiger partial charge in [0, 0.05) is 6.20 Å². The van der Waals surface area contributed by atoms with Crippen LogP contribution in [0.4, 0.5) is 0 Å². The van der Waals surface area contributed by atoms with Gasteiger partial charge in [0.25, 0.3) is 0 Å². The number of nitriles is 1. The van der Waals surface area contributed by atoms with Crippen molar-refractivity contribution in [1.82, 2.24) is 4.98 Å². The van der Waals surface area contributed by atoms with E-state index in [4.69, 9.17) is 5.26 Å². The van der Waals surface area contributed by atoms with Crippen molar-refractivity contribution in [3.05, 3.63) is 29.6 Å². The van der Waals surface area contributed by atoms with Crippen molar-refractivity contribution >= 4 is 5.78 Å². The van der Waals surface area contributed by atoms with Crippen LogP contribution < -0.4 is 0 Å². The van der Waals surface area contributed by atoms with E-state index in [1.165, 1.54) is 0 Å². The minimum Gasteiger partial charge on any atom is -0.297 e. The van der Waals surface area contributed by atoms with Gasteiger partial charge in [-0.05, 0) is 31.4 Å². The van der Waals surface area contributed by atoms with Crippen molar-refractivity contribution in [3.8, 4) is 6.07 Å². The van der Waals surface area contributed by atoms with Crippen molar-refractivity contribution in [3.63, 3.8) is 0 Å². The van der Waals surface area contributed by atoms with E-state index in [1.54, 1.807) is 6.20 Å². The number of nitrogens with zero attached hydrogens (tertiary/aromatic N) is 2. The Balaban J connectivity index is 2.40. The molecule has 0 spiro atoms. The van der Waals surface area contributed by atoms with Crippen LogP contribution in [0.2, 0.25) is 0 Å². The molecule has 1 aliphatic carbocycles. The maximum absolute atomic E-state index is 12.0. The molecule has 1 aromatic rings. The van der Waals surface area contributed by atoms with Crippen LogP contribution >= 0.6 is 0 Å². The van der Waals surface area contributed by atoms with Gasteiger partial charge >= 0.3 is 0 Å². The number of hydrogen-bond donors (Lipinski definition) is 0. The molecule has 0 aliphatic heterocycles. The summed E-state index contributed by atoms with van der Waals surface area (Å²) in [5, 5.41) is 8.64. The molecule has 2 rings (SSSR count). The van der Waals surface area contributed by atoms with Crippen LogP contribution in [0.1, 0.15) is 36.9 Å². The minimum atomic E-state index is -0.457. The predicted molar refractivity (Wildman–Crippen MR) is 59.7 cm³/mol. The highest BCUT2D eigenvalue weighted by atomic mass is 16.1. The Morgan fingerprint density at radius 1 is 1.62 bits per heavy atom. The SMILES string of the molecule is Cc1cccnc1C1(C(=O)CC#N)CCC1.